The molecule has 0 atom stereocenters. The molecule has 1 N–H and O–H groups in total. The van der Waals surface area contributed by atoms with Gasteiger partial charge in [-0.05, 0) is 69.7 Å². The zero-order valence-corrected chi connectivity index (χ0v) is 26.7. The van der Waals surface area contributed by atoms with E-state index >= 15 is 0 Å². The maximum atomic E-state index is 14.3. The molecule has 0 radical (unpaired) electrons. The van der Waals surface area contributed by atoms with Crippen molar-refractivity contribution >= 4 is 38.7 Å². The third-order valence-corrected chi connectivity index (χ3v) is 9.53. The van der Waals surface area contributed by atoms with Crippen LogP contribution < -0.4 is 4.90 Å². The number of nitrogens with zero attached hydrogens (tertiary/aromatic N) is 4. The topological polar surface area (TPSA) is 133 Å². The molecule has 0 bridgehead atoms. The van der Waals surface area contributed by atoms with Crippen molar-refractivity contribution in [2.75, 3.05) is 37.6 Å². The number of piperazine rings is 1. The summed E-state index contributed by atoms with van der Waals surface area (Å²) in [5.41, 5.74) is 2.57. The normalized spacial score (nSPS) is 14.2. The molecular formula is C33H38N4O7S. The highest BCUT2D eigenvalue weighted by Crippen LogP contribution is 2.31. The van der Waals surface area contributed by atoms with Crippen molar-refractivity contribution in [1.29, 1.82) is 0 Å². The van der Waals surface area contributed by atoms with E-state index in [1.807, 2.05) is 63.2 Å². The fraction of sp³-hybridized carbons (Fsp3) is 0.364. The number of benzene rings is 2. The molecular weight excluding hydrogens is 596 g/mol. The van der Waals surface area contributed by atoms with Crippen LogP contribution in [0.5, 0.6) is 0 Å². The van der Waals surface area contributed by atoms with Gasteiger partial charge in [-0.1, -0.05) is 24.3 Å². The van der Waals surface area contributed by atoms with Crippen LogP contribution in [0.15, 0.2) is 76.2 Å². The molecule has 1 fully saturated rings. The smallest absolute Gasteiger partial charge is 0.410 e. The minimum absolute atomic E-state index is 0.0420. The molecule has 11 nitrogen and oxygen atoms in total. The number of pyridine rings is 1. The number of aryl methyl sites for hydroxylation is 1. The molecule has 2 aromatic carbocycles. The Morgan fingerprint density at radius 3 is 2.40 bits per heavy atom. The summed E-state index contributed by atoms with van der Waals surface area (Å²) < 4.78 is 41.0. The van der Waals surface area contributed by atoms with Gasteiger partial charge in [0, 0.05) is 74.2 Å². The number of rotatable bonds is 9. The lowest BCUT2D eigenvalue weighted by atomic mass is 10.1. The van der Waals surface area contributed by atoms with Gasteiger partial charge in [0.2, 0.25) is 15.8 Å². The van der Waals surface area contributed by atoms with E-state index in [1.165, 1.54) is 22.5 Å². The highest BCUT2D eigenvalue weighted by Gasteiger charge is 2.30. The number of ether oxygens (including phenoxy) is 1. The molecule has 0 saturated carbocycles. The number of amides is 1. The van der Waals surface area contributed by atoms with Crippen molar-refractivity contribution < 1.29 is 32.3 Å². The van der Waals surface area contributed by atoms with Crippen LogP contribution in [0.2, 0.25) is 0 Å². The largest absolute Gasteiger partial charge is 0.475 e. The van der Waals surface area contributed by atoms with Crippen LogP contribution in [-0.2, 0) is 27.7 Å². The quantitative estimate of drug-likeness (QED) is 0.260. The fourth-order valence-corrected chi connectivity index (χ4v) is 6.83. The van der Waals surface area contributed by atoms with E-state index < -0.39 is 21.6 Å². The maximum Gasteiger partial charge on any atom is 0.410 e. The minimum Gasteiger partial charge on any atom is -0.475 e. The summed E-state index contributed by atoms with van der Waals surface area (Å²) in [5.74, 6) is -1.43. The van der Waals surface area contributed by atoms with Gasteiger partial charge in [-0.3, -0.25) is 4.98 Å². The fourth-order valence-electron chi connectivity index (χ4n) is 5.38. The molecule has 1 aliphatic rings. The summed E-state index contributed by atoms with van der Waals surface area (Å²) in [6.07, 6.45) is 1.73. The van der Waals surface area contributed by atoms with Crippen LogP contribution in [0, 0.1) is 6.92 Å². The van der Waals surface area contributed by atoms with E-state index in [9.17, 15) is 23.1 Å². The Labute approximate surface area is 263 Å². The Kier molecular flexibility index (Phi) is 9.17. The zero-order chi connectivity index (χ0) is 32.4. The molecule has 1 aliphatic heterocycles. The van der Waals surface area contributed by atoms with Crippen LogP contribution in [0.3, 0.4) is 0 Å². The summed E-state index contributed by atoms with van der Waals surface area (Å²) in [6.45, 7) is 9.48. The van der Waals surface area contributed by atoms with Crippen LogP contribution >= 0.6 is 0 Å². The monoisotopic (exact) mass is 634 g/mol. The SMILES string of the molecule is Cc1c(C(=O)O)oc2ccc(S(=O)(=O)N(CCc3ccccn3)Cc3ccccc3N3CCN(C(=O)OC(C)(C)C)CC3)cc12. The van der Waals surface area contributed by atoms with Gasteiger partial charge in [-0.15, -0.1) is 0 Å². The number of carboxylic acid groups (broad SMARTS) is 1. The number of hydrogen-bond acceptors (Lipinski definition) is 8. The lowest BCUT2D eigenvalue weighted by Crippen LogP contribution is -2.50. The number of furan rings is 1. The Hall–Kier alpha value is -4.42. The predicted molar refractivity (Wildman–Crippen MR) is 170 cm³/mol. The highest BCUT2D eigenvalue weighted by molar-refractivity contribution is 7.89. The lowest BCUT2D eigenvalue weighted by Gasteiger charge is -2.38. The number of carbonyl (C=O) groups excluding carboxylic acids is 1. The van der Waals surface area contributed by atoms with Crippen molar-refractivity contribution in [2.24, 2.45) is 0 Å². The van der Waals surface area contributed by atoms with Crippen LogP contribution in [0.25, 0.3) is 11.0 Å². The number of aromatic carboxylic acids is 1. The van der Waals surface area contributed by atoms with E-state index in [1.54, 1.807) is 18.0 Å². The Morgan fingerprint density at radius 1 is 1.02 bits per heavy atom. The summed E-state index contributed by atoms with van der Waals surface area (Å²) in [7, 11) is -4.05. The van der Waals surface area contributed by atoms with Gasteiger partial charge in [0.05, 0.1) is 4.90 Å². The van der Waals surface area contributed by atoms with E-state index in [0.29, 0.717) is 49.1 Å². The first-order valence-corrected chi connectivity index (χ1v) is 16.2. The second kappa shape index (κ2) is 12.9. The second-order valence-corrected chi connectivity index (χ2v) is 14.0. The Bertz CT molecular complexity index is 1790. The van der Waals surface area contributed by atoms with E-state index in [-0.39, 0.29) is 29.8 Å². The first-order valence-electron chi connectivity index (χ1n) is 14.8. The van der Waals surface area contributed by atoms with Crippen molar-refractivity contribution in [3.8, 4) is 0 Å². The van der Waals surface area contributed by atoms with Crippen LogP contribution in [-0.4, -0.2) is 78.1 Å². The van der Waals surface area contributed by atoms with Gasteiger partial charge < -0.3 is 24.1 Å². The summed E-state index contributed by atoms with van der Waals surface area (Å²) in [6, 6.07) is 17.6. The van der Waals surface area contributed by atoms with Crippen molar-refractivity contribution in [3.63, 3.8) is 0 Å². The molecule has 5 rings (SSSR count). The minimum atomic E-state index is -4.05. The number of aromatic nitrogens is 1. The van der Waals surface area contributed by atoms with Crippen molar-refractivity contribution in [3.05, 3.63) is 89.4 Å². The van der Waals surface area contributed by atoms with E-state index in [0.717, 1.165) is 16.9 Å². The lowest BCUT2D eigenvalue weighted by molar-refractivity contribution is 0.0240. The molecule has 0 spiro atoms. The molecule has 1 saturated heterocycles. The molecule has 0 unspecified atom stereocenters. The third kappa shape index (κ3) is 7.29. The van der Waals surface area contributed by atoms with Crippen molar-refractivity contribution in [2.45, 2.75) is 51.2 Å². The van der Waals surface area contributed by atoms with Gasteiger partial charge >= 0.3 is 12.1 Å². The van der Waals surface area contributed by atoms with Gasteiger partial charge in [0.15, 0.2) is 0 Å². The number of carboxylic acids is 1. The molecule has 3 heterocycles. The second-order valence-electron chi connectivity index (χ2n) is 12.0. The molecule has 12 heteroatoms. The number of para-hydroxylation sites is 1. The summed E-state index contributed by atoms with van der Waals surface area (Å²) in [5, 5.41) is 9.92. The molecule has 238 valence electrons. The van der Waals surface area contributed by atoms with Gasteiger partial charge in [0.1, 0.15) is 11.2 Å². The van der Waals surface area contributed by atoms with Crippen LogP contribution in [0.4, 0.5) is 10.5 Å². The summed E-state index contributed by atoms with van der Waals surface area (Å²) >= 11 is 0. The molecule has 4 aromatic rings. The predicted octanol–water partition coefficient (Wildman–Crippen LogP) is 5.33. The molecule has 0 aliphatic carbocycles. The zero-order valence-electron chi connectivity index (χ0n) is 25.9. The van der Waals surface area contributed by atoms with Crippen LogP contribution in [0.1, 0.15) is 48.1 Å². The first kappa shape index (κ1) is 32.0. The van der Waals surface area contributed by atoms with Crippen molar-refractivity contribution in [1.82, 2.24) is 14.2 Å². The molecule has 2 aromatic heterocycles. The number of anilines is 1. The number of hydrogen-bond donors (Lipinski definition) is 1. The average Bonchev–Trinajstić information content (AvgIpc) is 3.35. The Morgan fingerprint density at radius 2 is 1.73 bits per heavy atom. The first-order chi connectivity index (χ1) is 21.3. The summed E-state index contributed by atoms with van der Waals surface area (Å²) in [4.78, 5) is 32.5. The van der Waals surface area contributed by atoms with E-state index in [2.05, 4.69) is 9.88 Å². The van der Waals surface area contributed by atoms with Gasteiger partial charge in [0.25, 0.3) is 0 Å². The Balaban J connectivity index is 1.43. The van der Waals surface area contributed by atoms with E-state index in [4.69, 9.17) is 9.15 Å². The highest BCUT2D eigenvalue weighted by atomic mass is 32.2. The van der Waals surface area contributed by atoms with Gasteiger partial charge in [-0.25, -0.2) is 18.0 Å². The maximum absolute atomic E-state index is 14.3. The third-order valence-electron chi connectivity index (χ3n) is 7.69. The number of carbonyl (C=O) groups is 2. The number of fused-ring (bicyclic) bond motifs is 1. The van der Waals surface area contributed by atoms with Gasteiger partial charge in [-0.2, -0.15) is 4.31 Å². The average molecular weight is 635 g/mol. The molecule has 1 amide bonds. The number of sulfonamides is 1. The standard InChI is InChI=1S/C33H38N4O7S/c1-23-27-21-26(12-13-29(27)43-30(23)31(38)39)45(41,42)37(16-14-25-10-7-8-15-34-25)22-24-9-5-6-11-28(24)35-17-19-36(20-18-35)32(40)44-33(2,3)4/h5-13,15,21H,14,16-20,22H2,1-4H3,(H,38,39). The molecule has 45 heavy (non-hydrogen) atoms.